The molecule has 0 aromatic heterocycles. The number of rotatable bonds is 4. The molecular formula is C7H9FNO5PS. The molecule has 0 spiro atoms. The first-order valence-electron chi connectivity index (χ1n) is 4.00. The van der Waals surface area contributed by atoms with Crippen LogP contribution in [0.15, 0.2) is 29.2 Å². The molecular weight excluding hydrogens is 260 g/mol. The number of sulfonamides is 1. The van der Waals surface area contributed by atoms with Crippen LogP contribution < -0.4 is 4.72 Å². The molecule has 0 bridgehead atoms. The maximum Gasteiger partial charge on any atom is 0.340 e. The summed E-state index contributed by atoms with van der Waals surface area (Å²) in [5, 5.41) is 0. The van der Waals surface area contributed by atoms with Gasteiger partial charge >= 0.3 is 7.60 Å². The normalized spacial score (nSPS) is 12.7. The fourth-order valence-corrected chi connectivity index (χ4v) is 2.88. The summed E-state index contributed by atoms with van der Waals surface area (Å²) in [6.07, 6.45) is -0.993. The molecule has 0 heterocycles. The van der Waals surface area contributed by atoms with E-state index in [1.165, 1.54) is 0 Å². The Balaban J connectivity index is 2.87. The van der Waals surface area contributed by atoms with Gasteiger partial charge in [0.05, 0.1) is 4.90 Å². The molecule has 9 heteroatoms. The van der Waals surface area contributed by atoms with Gasteiger partial charge < -0.3 is 9.79 Å². The van der Waals surface area contributed by atoms with Crippen LogP contribution in [0.5, 0.6) is 0 Å². The van der Waals surface area contributed by atoms with Crippen molar-refractivity contribution in [3.63, 3.8) is 0 Å². The third-order valence-electron chi connectivity index (χ3n) is 1.58. The Bertz CT molecular complexity index is 508. The summed E-state index contributed by atoms with van der Waals surface area (Å²) in [4.78, 5) is 16.7. The second kappa shape index (κ2) is 4.60. The van der Waals surface area contributed by atoms with Crippen LogP contribution in [0, 0.1) is 5.82 Å². The van der Waals surface area contributed by atoms with E-state index < -0.39 is 29.7 Å². The van der Waals surface area contributed by atoms with Crippen LogP contribution in [0.2, 0.25) is 0 Å². The van der Waals surface area contributed by atoms with Gasteiger partial charge in [0.15, 0.2) is 0 Å². The monoisotopic (exact) mass is 269 g/mol. The van der Waals surface area contributed by atoms with Crippen LogP contribution in [-0.2, 0) is 14.6 Å². The summed E-state index contributed by atoms with van der Waals surface area (Å²) in [5.74, 6) is -0.603. The van der Waals surface area contributed by atoms with E-state index in [4.69, 9.17) is 9.79 Å². The molecule has 6 nitrogen and oxygen atoms in total. The van der Waals surface area contributed by atoms with Crippen molar-refractivity contribution in [3.05, 3.63) is 30.1 Å². The van der Waals surface area contributed by atoms with Crippen molar-refractivity contribution < 1.29 is 27.2 Å². The third-order valence-corrected chi connectivity index (χ3v) is 3.79. The quantitative estimate of drug-likeness (QED) is 0.679. The van der Waals surface area contributed by atoms with Crippen LogP contribution in [0.25, 0.3) is 0 Å². The van der Waals surface area contributed by atoms with Crippen molar-refractivity contribution in [1.29, 1.82) is 0 Å². The predicted molar refractivity (Wildman–Crippen MR) is 53.6 cm³/mol. The SMILES string of the molecule is O=P(O)(O)CNS(=O)(=O)c1ccc(F)cc1. The predicted octanol–water partition coefficient (Wildman–Crippen LogP) is 0.239. The van der Waals surface area contributed by atoms with Crippen LogP contribution in [0.1, 0.15) is 0 Å². The molecule has 3 N–H and O–H groups in total. The van der Waals surface area contributed by atoms with Crippen LogP contribution in [0.4, 0.5) is 4.39 Å². The van der Waals surface area contributed by atoms with Crippen molar-refractivity contribution in [1.82, 2.24) is 4.72 Å². The standard InChI is InChI=1S/C7H9FNO5PS/c8-6-1-3-7(4-2-6)16(13,14)9-5-15(10,11)12/h1-4,9H,5H2,(H2,10,11,12). The zero-order valence-corrected chi connectivity index (χ0v) is 9.58. The number of nitrogens with one attached hydrogen (secondary N) is 1. The molecule has 0 amide bonds. The average Bonchev–Trinajstić information content (AvgIpc) is 2.15. The van der Waals surface area contributed by atoms with Gasteiger partial charge in [0.2, 0.25) is 10.0 Å². The van der Waals surface area contributed by atoms with Gasteiger partial charge in [-0.2, -0.15) is 4.72 Å². The lowest BCUT2D eigenvalue weighted by Gasteiger charge is -2.07. The zero-order valence-electron chi connectivity index (χ0n) is 7.87. The smallest absolute Gasteiger partial charge is 0.324 e. The zero-order chi connectivity index (χ0) is 12.4. The Morgan fingerprint density at radius 1 is 1.25 bits per heavy atom. The van der Waals surface area contributed by atoms with Crippen molar-refractivity contribution in [2.75, 3.05) is 6.29 Å². The Labute approximate surface area is 91.3 Å². The van der Waals surface area contributed by atoms with Gasteiger partial charge in [0.1, 0.15) is 12.1 Å². The van der Waals surface area contributed by atoms with Crippen molar-refractivity contribution in [3.8, 4) is 0 Å². The molecule has 0 radical (unpaired) electrons. The van der Waals surface area contributed by atoms with Crippen LogP contribution in [-0.4, -0.2) is 24.5 Å². The molecule has 0 aliphatic heterocycles. The highest BCUT2D eigenvalue weighted by molar-refractivity contribution is 7.89. The maximum absolute atomic E-state index is 12.5. The maximum atomic E-state index is 12.5. The Morgan fingerprint density at radius 3 is 2.19 bits per heavy atom. The van der Waals surface area contributed by atoms with Crippen LogP contribution >= 0.6 is 7.60 Å². The van der Waals surface area contributed by atoms with E-state index in [1.807, 2.05) is 0 Å². The lowest BCUT2D eigenvalue weighted by molar-refractivity contribution is 0.371. The second-order valence-corrected chi connectivity index (χ2v) is 6.34. The van der Waals surface area contributed by atoms with E-state index in [2.05, 4.69) is 0 Å². The van der Waals surface area contributed by atoms with Gasteiger partial charge in [0.25, 0.3) is 0 Å². The highest BCUT2D eigenvalue weighted by Crippen LogP contribution is 2.32. The fourth-order valence-electron chi connectivity index (χ4n) is 0.866. The van der Waals surface area contributed by atoms with Crippen molar-refractivity contribution in [2.45, 2.75) is 4.90 Å². The lowest BCUT2D eigenvalue weighted by atomic mass is 10.4. The fraction of sp³-hybridized carbons (Fsp3) is 0.143. The van der Waals surface area contributed by atoms with E-state index in [9.17, 15) is 17.4 Å². The third kappa shape index (κ3) is 3.99. The highest BCUT2D eigenvalue weighted by Gasteiger charge is 2.20. The molecule has 0 atom stereocenters. The molecule has 90 valence electrons. The molecule has 0 saturated carbocycles. The number of halogens is 1. The summed E-state index contributed by atoms with van der Waals surface area (Å²) in [6.45, 7) is 0. The minimum Gasteiger partial charge on any atom is -0.324 e. The van der Waals surface area contributed by atoms with E-state index >= 15 is 0 Å². The highest BCUT2D eigenvalue weighted by atomic mass is 32.2. The second-order valence-electron chi connectivity index (χ2n) is 2.92. The van der Waals surface area contributed by atoms with Crippen molar-refractivity contribution in [2.24, 2.45) is 0 Å². The molecule has 0 aliphatic rings. The average molecular weight is 269 g/mol. The molecule has 16 heavy (non-hydrogen) atoms. The van der Waals surface area contributed by atoms with Gasteiger partial charge in [-0.15, -0.1) is 0 Å². The van der Waals surface area contributed by atoms with Crippen molar-refractivity contribution >= 4 is 17.6 Å². The van der Waals surface area contributed by atoms with Gasteiger partial charge in [0, 0.05) is 0 Å². The number of hydrogen-bond acceptors (Lipinski definition) is 3. The first kappa shape index (κ1) is 13.3. The molecule has 0 fully saturated rings. The Kier molecular flexibility index (Phi) is 3.82. The Morgan fingerprint density at radius 2 is 1.75 bits per heavy atom. The van der Waals surface area contributed by atoms with E-state index in [-0.39, 0.29) is 4.90 Å². The lowest BCUT2D eigenvalue weighted by Crippen LogP contribution is -2.24. The molecule has 0 saturated heterocycles. The summed E-state index contributed by atoms with van der Waals surface area (Å²) in [7, 11) is -8.48. The number of hydrogen-bond donors (Lipinski definition) is 3. The summed E-state index contributed by atoms with van der Waals surface area (Å²) < 4.78 is 47.5. The summed E-state index contributed by atoms with van der Waals surface area (Å²) >= 11 is 0. The topological polar surface area (TPSA) is 104 Å². The first-order valence-corrected chi connectivity index (χ1v) is 7.29. The number of benzene rings is 1. The summed E-state index contributed by atoms with van der Waals surface area (Å²) in [6, 6.07) is 3.87. The first-order chi connectivity index (χ1) is 7.21. The largest absolute Gasteiger partial charge is 0.340 e. The minimum absolute atomic E-state index is 0.262. The molecule has 1 rings (SSSR count). The Hall–Kier alpha value is -0.790. The molecule has 0 unspecified atom stereocenters. The molecule has 0 aliphatic carbocycles. The van der Waals surface area contributed by atoms with Gasteiger partial charge in [-0.05, 0) is 24.3 Å². The van der Waals surface area contributed by atoms with Gasteiger partial charge in [-0.1, -0.05) is 0 Å². The molecule has 1 aromatic rings. The minimum atomic E-state index is -4.46. The van der Waals surface area contributed by atoms with E-state index in [0.29, 0.717) is 0 Å². The van der Waals surface area contributed by atoms with Crippen LogP contribution in [0.3, 0.4) is 0 Å². The van der Waals surface area contributed by atoms with E-state index in [0.717, 1.165) is 24.3 Å². The van der Waals surface area contributed by atoms with Gasteiger partial charge in [-0.25, -0.2) is 12.8 Å². The van der Waals surface area contributed by atoms with Gasteiger partial charge in [-0.3, -0.25) is 4.57 Å². The summed E-state index contributed by atoms with van der Waals surface area (Å²) in [5.41, 5.74) is 0. The molecule has 1 aromatic carbocycles. The van der Waals surface area contributed by atoms with E-state index in [1.54, 1.807) is 4.72 Å².